The summed E-state index contributed by atoms with van der Waals surface area (Å²) >= 11 is 0. The topological polar surface area (TPSA) is 61.6 Å². The molecule has 2 heterocycles. The molecule has 23 heavy (non-hydrogen) atoms. The van der Waals surface area contributed by atoms with E-state index in [1.165, 1.54) is 28.8 Å². The van der Waals surface area contributed by atoms with E-state index in [2.05, 4.69) is 4.98 Å². The molecule has 0 spiro atoms. The first-order valence-electron chi connectivity index (χ1n) is 7.01. The number of fused-ring (bicyclic) bond motifs is 3. The molecule has 0 saturated heterocycles. The molecule has 0 unspecified atom stereocenters. The predicted molar refractivity (Wildman–Crippen MR) is 84.6 cm³/mol. The fourth-order valence-electron chi connectivity index (χ4n) is 2.87. The molecule has 4 rings (SSSR count). The molecule has 0 saturated carbocycles. The SMILES string of the molecule is N#Cn1cc2[nH]c3ccccc3c2c1C(=O)c1ccc(F)cc1. The fourth-order valence-corrected chi connectivity index (χ4v) is 2.87. The number of H-pyrrole nitrogens is 1. The van der Waals surface area contributed by atoms with Crippen LogP contribution < -0.4 is 0 Å². The number of benzene rings is 2. The highest BCUT2D eigenvalue weighted by atomic mass is 19.1. The van der Waals surface area contributed by atoms with Crippen molar-refractivity contribution in [3.05, 3.63) is 71.8 Å². The van der Waals surface area contributed by atoms with Gasteiger partial charge in [0.1, 0.15) is 11.5 Å². The second-order valence-electron chi connectivity index (χ2n) is 5.24. The number of halogens is 1. The molecule has 5 heteroatoms. The lowest BCUT2D eigenvalue weighted by Crippen LogP contribution is -2.07. The minimum atomic E-state index is -0.408. The summed E-state index contributed by atoms with van der Waals surface area (Å²) in [5, 5.41) is 10.9. The van der Waals surface area contributed by atoms with E-state index < -0.39 is 5.82 Å². The molecule has 0 aliphatic carbocycles. The third-order valence-electron chi connectivity index (χ3n) is 3.90. The van der Waals surface area contributed by atoms with Crippen molar-refractivity contribution in [1.82, 2.24) is 9.55 Å². The number of carbonyl (C=O) groups is 1. The number of para-hydroxylation sites is 1. The lowest BCUT2D eigenvalue weighted by Gasteiger charge is -2.02. The van der Waals surface area contributed by atoms with E-state index in [1.807, 2.05) is 30.5 Å². The summed E-state index contributed by atoms with van der Waals surface area (Å²) in [6.45, 7) is 0. The largest absolute Gasteiger partial charge is 0.353 e. The summed E-state index contributed by atoms with van der Waals surface area (Å²) in [4.78, 5) is 16.1. The molecule has 2 aromatic heterocycles. The van der Waals surface area contributed by atoms with Crippen LogP contribution >= 0.6 is 0 Å². The number of carbonyl (C=O) groups excluding carboxylic acids is 1. The van der Waals surface area contributed by atoms with Crippen LogP contribution in [0.3, 0.4) is 0 Å². The highest BCUT2D eigenvalue weighted by molar-refractivity contribution is 6.22. The maximum absolute atomic E-state index is 13.1. The van der Waals surface area contributed by atoms with E-state index in [1.54, 1.807) is 6.20 Å². The zero-order chi connectivity index (χ0) is 16.0. The predicted octanol–water partition coefficient (Wildman–Crippen LogP) is 3.82. The number of hydrogen-bond donors (Lipinski definition) is 1. The minimum Gasteiger partial charge on any atom is -0.353 e. The number of ketones is 1. The van der Waals surface area contributed by atoms with Gasteiger partial charge >= 0.3 is 0 Å². The molecular formula is C18H10FN3O. The Morgan fingerprint density at radius 3 is 2.57 bits per heavy atom. The van der Waals surface area contributed by atoms with E-state index in [-0.39, 0.29) is 11.5 Å². The van der Waals surface area contributed by atoms with Crippen molar-refractivity contribution in [2.45, 2.75) is 0 Å². The number of aromatic nitrogens is 2. The third kappa shape index (κ3) is 1.93. The Bertz CT molecular complexity index is 1100. The second-order valence-corrected chi connectivity index (χ2v) is 5.24. The van der Waals surface area contributed by atoms with E-state index in [0.29, 0.717) is 10.9 Å². The highest BCUT2D eigenvalue weighted by Crippen LogP contribution is 2.31. The van der Waals surface area contributed by atoms with Crippen molar-refractivity contribution >= 4 is 27.6 Å². The van der Waals surface area contributed by atoms with Crippen LogP contribution in [-0.2, 0) is 0 Å². The number of nitrogens with zero attached hydrogens (tertiary/aromatic N) is 2. The van der Waals surface area contributed by atoms with Gasteiger partial charge in [-0.3, -0.25) is 4.79 Å². The van der Waals surface area contributed by atoms with Gasteiger partial charge in [0, 0.05) is 28.0 Å². The number of nitriles is 1. The maximum atomic E-state index is 13.1. The Kier molecular flexibility index (Phi) is 2.78. The first-order chi connectivity index (χ1) is 11.2. The van der Waals surface area contributed by atoms with Gasteiger partial charge < -0.3 is 4.98 Å². The summed E-state index contributed by atoms with van der Waals surface area (Å²) < 4.78 is 14.3. The van der Waals surface area contributed by atoms with Gasteiger partial charge in [0.2, 0.25) is 5.78 Å². The Morgan fingerprint density at radius 1 is 1.09 bits per heavy atom. The molecule has 0 atom stereocenters. The van der Waals surface area contributed by atoms with Crippen molar-refractivity contribution in [1.29, 1.82) is 5.26 Å². The summed E-state index contributed by atoms with van der Waals surface area (Å²) in [6.07, 6.45) is 3.60. The van der Waals surface area contributed by atoms with Crippen molar-refractivity contribution in [3.63, 3.8) is 0 Å². The van der Waals surface area contributed by atoms with E-state index in [0.717, 1.165) is 16.4 Å². The molecule has 1 N–H and O–H groups in total. The van der Waals surface area contributed by atoms with E-state index in [9.17, 15) is 14.4 Å². The molecule has 110 valence electrons. The van der Waals surface area contributed by atoms with Crippen molar-refractivity contribution < 1.29 is 9.18 Å². The Morgan fingerprint density at radius 2 is 1.83 bits per heavy atom. The lowest BCUT2D eigenvalue weighted by atomic mass is 10.0. The van der Waals surface area contributed by atoms with Crippen molar-refractivity contribution in [3.8, 4) is 6.19 Å². The summed E-state index contributed by atoms with van der Waals surface area (Å²) in [5.74, 6) is -0.722. The smallest absolute Gasteiger partial charge is 0.211 e. The summed E-state index contributed by atoms with van der Waals surface area (Å²) in [6, 6.07) is 12.9. The molecular weight excluding hydrogens is 293 g/mol. The maximum Gasteiger partial charge on any atom is 0.211 e. The van der Waals surface area contributed by atoms with Crippen LogP contribution in [0.25, 0.3) is 21.8 Å². The van der Waals surface area contributed by atoms with Gasteiger partial charge in [-0.1, -0.05) is 18.2 Å². The normalized spacial score (nSPS) is 11.0. The van der Waals surface area contributed by atoms with Crippen LogP contribution in [0.1, 0.15) is 16.1 Å². The van der Waals surface area contributed by atoms with Crippen LogP contribution in [0.15, 0.2) is 54.7 Å². The third-order valence-corrected chi connectivity index (χ3v) is 3.90. The van der Waals surface area contributed by atoms with E-state index in [4.69, 9.17) is 0 Å². The molecule has 0 fully saturated rings. The number of aromatic amines is 1. The summed E-state index contributed by atoms with van der Waals surface area (Å²) in [7, 11) is 0. The number of rotatable bonds is 2. The zero-order valence-corrected chi connectivity index (χ0v) is 11.9. The number of hydrogen-bond acceptors (Lipinski definition) is 2. The Hall–Kier alpha value is -3.39. The number of nitrogens with one attached hydrogen (secondary N) is 1. The van der Waals surface area contributed by atoms with Gasteiger partial charge in [0.25, 0.3) is 0 Å². The lowest BCUT2D eigenvalue weighted by molar-refractivity contribution is 0.103. The van der Waals surface area contributed by atoms with E-state index >= 15 is 0 Å². The molecule has 0 aliphatic rings. The molecule has 0 radical (unpaired) electrons. The van der Waals surface area contributed by atoms with Gasteiger partial charge in [-0.2, -0.15) is 5.26 Å². The molecule has 4 aromatic rings. The van der Waals surface area contributed by atoms with Gasteiger partial charge in [0.05, 0.1) is 5.52 Å². The fraction of sp³-hybridized carbons (Fsp3) is 0. The highest BCUT2D eigenvalue weighted by Gasteiger charge is 2.21. The van der Waals surface area contributed by atoms with Crippen molar-refractivity contribution in [2.24, 2.45) is 0 Å². The first-order valence-corrected chi connectivity index (χ1v) is 7.01. The second kappa shape index (κ2) is 4.82. The van der Waals surface area contributed by atoms with Crippen LogP contribution in [0.4, 0.5) is 4.39 Å². The molecule has 0 aliphatic heterocycles. The van der Waals surface area contributed by atoms with Crippen LogP contribution in [0.5, 0.6) is 0 Å². The van der Waals surface area contributed by atoms with Crippen LogP contribution in [-0.4, -0.2) is 15.3 Å². The van der Waals surface area contributed by atoms with Crippen molar-refractivity contribution in [2.75, 3.05) is 0 Å². The average molecular weight is 303 g/mol. The minimum absolute atomic E-state index is 0.284. The quantitative estimate of drug-likeness (QED) is 0.572. The zero-order valence-electron chi connectivity index (χ0n) is 11.9. The molecule has 2 aromatic carbocycles. The standard InChI is InChI=1S/C18H10FN3O/c19-12-7-5-11(6-8-12)18(23)17-16-13-3-1-2-4-14(13)21-15(16)9-22(17)10-20/h1-9,21H. The Labute approximate surface area is 130 Å². The van der Waals surface area contributed by atoms with Crippen LogP contribution in [0.2, 0.25) is 0 Å². The van der Waals surface area contributed by atoms with Gasteiger partial charge in [-0.05, 0) is 30.3 Å². The van der Waals surface area contributed by atoms with Gasteiger partial charge in [-0.25, -0.2) is 8.96 Å². The first kappa shape index (κ1) is 13.3. The van der Waals surface area contributed by atoms with Gasteiger partial charge in [-0.15, -0.1) is 0 Å². The van der Waals surface area contributed by atoms with Crippen LogP contribution in [0, 0.1) is 17.3 Å². The molecule has 0 bridgehead atoms. The van der Waals surface area contributed by atoms with Gasteiger partial charge in [0.15, 0.2) is 6.19 Å². The average Bonchev–Trinajstić information content (AvgIpc) is 3.10. The molecule has 4 nitrogen and oxygen atoms in total. The Balaban J connectivity index is 2.02. The monoisotopic (exact) mass is 303 g/mol. The summed E-state index contributed by atoms with van der Waals surface area (Å²) in [5.41, 5.74) is 2.24. The molecule has 0 amide bonds.